The van der Waals surface area contributed by atoms with Gasteiger partial charge in [-0.15, -0.1) is 0 Å². The third-order valence-electron chi connectivity index (χ3n) is 6.14. The lowest BCUT2D eigenvalue weighted by Crippen LogP contribution is -2.48. The monoisotopic (exact) mass is 426 g/mol. The van der Waals surface area contributed by atoms with E-state index in [-0.39, 0.29) is 18.3 Å². The van der Waals surface area contributed by atoms with Crippen LogP contribution in [0.25, 0.3) is 0 Å². The zero-order valence-corrected chi connectivity index (χ0v) is 19.0. The first kappa shape index (κ1) is 22.7. The molecular weight excluding hydrogens is 396 g/mol. The summed E-state index contributed by atoms with van der Waals surface area (Å²) in [5.41, 5.74) is 3.47. The van der Waals surface area contributed by atoms with E-state index in [2.05, 4.69) is 4.99 Å². The van der Waals surface area contributed by atoms with Gasteiger partial charge in [0.05, 0.1) is 25.2 Å². The minimum Gasteiger partial charge on any atom is -0.468 e. The van der Waals surface area contributed by atoms with Crippen LogP contribution in [0, 0.1) is 17.8 Å². The highest BCUT2D eigenvalue weighted by Crippen LogP contribution is 2.46. The van der Waals surface area contributed by atoms with Gasteiger partial charge in [0.1, 0.15) is 5.92 Å². The van der Waals surface area contributed by atoms with Crippen molar-refractivity contribution in [3.8, 4) is 0 Å². The summed E-state index contributed by atoms with van der Waals surface area (Å²) in [6.07, 6.45) is 0.496. The molecule has 0 aromatic heterocycles. The summed E-state index contributed by atoms with van der Waals surface area (Å²) in [6, 6.07) is 7.75. The largest absolute Gasteiger partial charge is 0.468 e. The summed E-state index contributed by atoms with van der Waals surface area (Å²) < 4.78 is 10.2. The van der Waals surface area contributed by atoms with E-state index in [0.29, 0.717) is 23.4 Å². The lowest BCUT2D eigenvalue weighted by atomic mass is 9.64. The van der Waals surface area contributed by atoms with Crippen molar-refractivity contribution in [3.05, 3.63) is 41.1 Å². The van der Waals surface area contributed by atoms with Crippen LogP contribution in [0.2, 0.25) is 0 Å². The first-order valence-corrected chi connectivity index (χ1v) is 10.5. The number of aliphatic imine (C=N–C) groups is 1. The minimum absolute atomic E-state index is 0.219. The van der Waals surface area contributed by atoms with Crippen molar-refractivity contribution in [2.24, 2.45) is 22.7 Å². The van der Waals surface area contributed by atoms with Gasteiger partial charge in [-0.3, -0.25) is 14.6 Å². The summed E-state index contributed by atoms with van der Waals surface area (Å²) in [6.45, 7) is 5.60. The van der Waals surface area contributed by atoms with Crippen LogP contribution in [-0.2, 0) is 23.9 Å². The number of esters is 2. The van der Waals surface area contributed by atoms with E-state index in [4.69, 9.17) is 9.47 Å². The van der Waals surface area contributed by atoms with Gasteiger partial charge in [-0.25, -0.2) is 4.79 Å². The standard InChI is InChI=1S/C24H30N2O5/c1-7-31-24(29)19-14(3)25-17-12-13(2)18(23(28)30-6)22(27)21(17)20(19)15-8-10-16(11-9-15)26(4)5/h8-11,13,18,20-21H,7,12H2,1-6H3/t13-,18+,20+,21+/m1/s1. The Morgan fingerprint density at radius 2 is 1.81 bits per heavy atom. The van der Waals surface area contributed by atoms with Crippen LogP contribution in [-0.4, -0.2) is 51.2 Å². The molecule has 31 heavy (non-hydrogen) atoms. The van der Waals surface area contributed by atoms with E-state index in [9.17, 15) is 14.4 Å². The zero-order valence-electron chi connectivity index (χ0n) is 19.0. The molecule has 0 bridgehead atoms. The number of benzene rings is 1. The molecule has 0 saturated heterocycles. The fraction of sp³-hybridized carbons (Fsp3) is 0.500. The smallest absolute Gasteiger partial charge is 0.336 e. The number of rotatable bonds is 5. The number of hydrogen-bond donors (Lipinski definition) is 0. The zero-order chi connectivity index (χ0) is 22.9. The van der Waals surface area contributed by atoms with Crippen molar-refractivity contribution in [3.63, 3.8) is 0 Å². The topological polar surface area (TPSA) is 85.3 Å². The van der Waals surface area contributed by atoms with Crippen molar-refractivity contribution in [1.82, 2.24) is 0 Å². The van der Waals surface area contributed by atoms with Crippen molar-refractivity contribution >= 4 is 29.1 Å². The number of ether oxygens (including phenoxy) is 2. The quantitative estimate of drug-likeness (QED) is 0.531. The van der Waals surface area contributed by atoms with Gasteiger partial charge in [0, 0.05) is 37.1 Å². The lowest BCUT2D eigenvalue weighted by Gasteiger charge is -2.40. The predicted octanol–water partition coefficient (Wildman–Crippen LogP) is 3.14. The van der Waals surface area contributed by atoms with Gasteiger partial charge in [0.25, 0.3) is 0 Å². The number of allylic oxidation sites excluding steroid dienone is 1. The second kappa shape index (κ2) is 9.04. The maximum Gasteiger partial charge on any atom is 0.336 e. The number of anilines is 1. The van der Waals surface area contributed by atoms with Crippen LogP contribution in [0.1, 0.15) is 38.7 Å². The molecule has 7 nitrogen and oxygen atoms in total. The molecule has 1 heterocycles. The predicted molar refractivity (Wildman–Crippen MR) is 118 cm³/mol. The number of carbonyl (C=O) groups excluding carboxylic acids is 3. The molecule has 1 fully saturated rings. The molecule has 0 unspecified atom stereocenters. The Bertz CT molecular complexity index is 945. The van der Waals surface area contributed by atoms with Crippen molar-refractivity contribution in [2.75, 3.05) is 32.7 Å². The van der Waals surface area contributed by atoms with Crippen molar-refractivity contribution in [2.45, 2.75) is 33.1 Å². The summed E-state index contributed by atoms with van der Waals surface area (Å²) in [7, 11) is 5.18. The molecule has 1 saturated carbocycles. The highest BCUT2D eigenvalue weighted by Gasteiger charge is 2.51. The number of nitrogens with zero attached hydrogens (tertiary/aromatic N) is 2. The molecule has 3 rings (SSSR count). The van der Waals surface area contributed by atoms with Gasteiger partial charge < -0.3 is 14.4 Å². The number of methoxy groups -OCH3 is 1. The Morgan fingerprint density at radius 3 is 2.35 bits per heavy atom. The van der Waals surface area contributed by atoms with Crippen LogP contribution in [0.5, 0.6) is 0 Å². The van der Waals surface area contributed by atoms with Crippen LogP contribution in [0.15, 0.2) is 40.5 Å². The van der Waals surface area contributed by atoms with Crippen LogP contribution in [0.4, 0.5) is 5.69 Å². The fourth-order valence-corrected chi connectivity index (χ4v) is 4.65. The first-order valence-electron chi connectivity index (χ1n) is 10.5. The molecule has 1 aliphatic carbocycles. The Hall–Kier alpha value is -2.96. The molecule has 0 spiro atoms. The van der Waals surface area contributed by atoms with Gasteiger partial charge in [-0.05, 0) is 43.9 Å². The van der Waals surface area contributed by atoms with Crippen LogP contribution >= 0.6 is 0 Å². The molecule has 0 radical (unpaired) electrons. The van der Waals surface area contributed by atoms with Gasteiger partial charge in [-0.2, -0.15) is 0 Å². The normalized spacial score (nSPS) is 25.5. The highest BCUT2D eigenvalue weighted by atomic mass is 16.5. The first-order chi connectivity index (χ1) is 14.7. The number of Topliss-reactive ketones (excluding diaryl/α,β-unsaturated/α-hetero) is 1. The molecule has 7 heteroatoms. The second-order valence-electron chi connectivity index (χ2n) is 8.35. The average molecular weight is 427 g/mol. The fourth-order valence-electron chi connectivity index (χ4n) is 4.65. The number of hydrogen-bond acceptors (Lipinski definition) is 7. The summed E-state index contributed by atoms with van der Waals surface area (Å²) >= 11 is 0. The highest BCUT2D eigenvalue weighted by molar-refractivity contribution is 6.17. The SMILES string of the molecule is CCOC(=O)C1=C(C)N=C2C[C@@H](C)[C@H](C(=O)OC)C(=O)[C@@H]2[C@H]1c1ccc(N(C)C)cc1. The average Bonchev–Trinajstić information content (AvgIpc) is 2.72. The molecule has 0 N–H and O–H groups in total. The van der Waals surface area contributed by atoms with Crippen molar-refractivity contribution < 1.29 is 23.9 Å². The Labute approximate surface area is 183 Å². The number of ketones is 1. The third kappa shape index (κ3) is 4.13. The maximum absolute atomic E-state index is 13.6. The molecule has 1 aromatic rings. The minimum atomic E-state index is -0.876. The Kier molecular flexibility index (Phi) is 6.62. The molecular formula is C24H30N2O5. The van der Waals surface area contributed by atoms with Gasteiger partial charge in [0.2, 0.25) is 0 Å². The van der Waals surface area contributed by atoms with Gasteiger partial charge in [-0.1, -0.05) is 19.1 Å². The van der Waals surface area contributed by atoms with Crippen LogP contribution < -0.4 is 4.90 Å². The molecule has 1 aliphatic heterocycles. The van der Waals surface area contributed by atoms with Crippen molar-refractivity contribution in [1.29, 1.82) is 0 Å². The Balaban J connectivity index is 2.16. The van der Waals surface area contributed by atoms with E-state index in [1.54, 1.807) is 13.8 Å². The number of carbonyl (C=O) groups is 3. The van der Waals surface area contributed by atoms with Gasteiger partial charge >= 0.3 is 11.9 Å². The Morgan fingerprint density at radius 1 is 1.16 bits per heavy atom. The summed E-state index contributed by atoms with van der Waals surface area (Å²) in [4.78, 5) is 45.6. The lowest BCUT2D eigenvalue weighted by molar-refractivity contribution is -0.152. The van der Waals surface area contributed by atoms with E-state index < -0.39 is 29.7 Å². The maximum atomic E-state index is 13.6. The molecule has 0 amide bonds. The van der Waals surface area contributed by atoms with Crippen LogP contribution in [0.3, 0.4) is 0 Å². The summed E-state index contributed by atoms with van der Waals surface area (Å²) in [5, 5.41) is 0. The third-order valence-corrected chi connectivity index (χ3v) is 6.14. The van der Waals surface area contributed by atoms with E-state index in [1.165, 1.54) is 7.11 Å². The molecule has 1 aromatic carbocycles. The van der Waals surface area contributed by atoms with E-state index >= 15 is 0 Å². The summed E-state index contributed by atoms with van der Waals surface area (Å²) in [5.74, 6) is -3.63. The molecule has 4 atom stereocenters. The number of fused-ring (bicyclic) bond motifs is 1. The molecule has 166 valence electrons. The van der Waals surface area contributed by atoms with Gasteiger partial charge in [0.15, 0.2) is 5.78 Å². The van der Waals surface area contributed by atoms with E-state index in [1.807, 2.05) is 50.2 Å². The second-order valence-corrected chi connectivity index (χ2v) is 8.35. The van der Waals surface area contributed by atoms with E-state index in [0.717, 1.165) is 11.3 Å². The molecule has 2 aliphatic rings.